The number of rotatable bonds is 21. The lowest BCUT2D eigenvalue weighted by atomic mass is 10.0. The van der Waals surface area contributed by atoms with E-state index in [0.717, 1.165) is 37.1 Å². The first-order chi connectivity index (χ1) is 15.6. The third-order valence-corrected chi connectivity index (χ3v) is 7.20. The highest BCUT2D eigenvalue weighted by Crippen LogP contribution is 2.27. The highest BCUT2D eigenvalue weighted by Gasteiger charge is 2.18. The molecule has 0 unspecified atom stereocenters. The number of aromatic carboxylic acids is 1. The van der Waals surface area contributed by atoms with Crippen molar-refractivity contribution in [2.75, 3.05) is 11.4 Å². The number of anilines is 1. The molecule has 0 saturated heterocycles. The molecule has 0 aliphatic carbocycles. The Morgan fingerprint density at radius 1 is 0.719 bits per heavy atom. The molecule has 0 bridgehead atoms. The summed E-state index contributed by atoms with van der Waals surface area (Å²) >= 11 is 1.21. The van der Waals surface area contributed by atoms with Crippen LogP contribution >= 0.6 is 11.3 Å². The Bertz CT molecular complexity index is 614. The first-order valence-corrected chi connectivity index (χ1v) is 14.0. The summed E-state index contributed by atoms with van der Waals surface area (Å²) in [6.45, 7) is 5.10. The number of nitrogens with zero attached hydrogens (tertiary/aromatic N) is 1. The topological polar surface area (TPSA) is 57.6 Å². The molecule has 0 atom stereocenters. The Morgan fingerprint density at radius 2 is 1.19 bits per heavy atom. The van der Waals surface area contributed by atoms with Crippen molar-refractivity contribution in [2.24, 2.45) is 0 Å². The summed E-state index contributed by atoms with van der Waals surface area (Å²) < 4.78 is 0. The van der Waals surface area contributed by atoms with Crippen LogP contribution in [0.4, 0.5) is 5.00 Å². The molecule has 32 heavy (non-hydrogen) atoms. The number of hydrogen-bond donors (Lipinski definition) is 1. The van der Waals surface area contributed by atoms with Gasteiger partial charge in [0.25, 0.3) is 0 Å². The number of carboxylic acids is 1. The van der Waals surface area contributed by atoms with Crippen molar-refractivity contribution in [3.05, 3.63) is 17.0 Å². The molecule has 0 radical (unpaired) electrons. The van der Waals surface area contributed by atoms with E-state index in [1.54, 1.807) is 12.1 Å². The molecule has 0 aliphatic heterocycles. The Kier molecular flexibility index (Phi) is 17.2. The number of thiophene rings is 1. The van der Waals surface area contributed by atoms with E-state index in [-0.39, 0.29) is 5.91 Å². The molecule has 0 aliphatic rings. The van der Waals surface area contributed by atoms with E-state index in [1.165, 1.54) is 88.4 Å². The predicted octanol–water partition coefficient (Wildman–Crippen LogP) is 8.84. The zero-order valence-electron chi connectivity index (χ0n) is 20.7. The lowest BCUT2D eigenvalue weighted by molar-refractivity contribution is -0.118. The summed E-state index contributed by atoms with van der Waals surface area (Å²) in [5.41, 5.74) is 0. The molecule has 1 heterocycles. The van der Waals surface area contributed by atoms with Crippen molar-refractivity contribution in [1.82, 2.24) is 0 Å². The minimum absolute atomic E-state index is 0.131. The molecule has 5 heteroatoms. The monoisotopic (exact) mass is 465 g/mol. The molecule has 1 amide bonds. The molecule has 1 aromatic rings. The zero-order valence-corrected chi connectivity index (χ0v) is 21.5. The number of amides is 1. The fourth-order valence-corrected chi connectivity index (χ4v) is 4.96. The molecule has 1 rings (SSSR count). The van der Waals surface area contributed by atoms with Gasteiger partial charge in [0.15, 0.2) is 0 Å². The maximum absolute atomic E-state index is 12.7. The minimum atomic E-state index is -0.920. The Morgan fingerprint density at radius 3 is 1.66 bits per heavy atom. The molecule has 1 N–H and O–H groups in total. The molecule has 0 saturated carbocycles. The first-order valence-electron chi connectivity index (χ1n) is 13.2. The van der Waals surface area contributed by atoms with Gasteiger partial charge in [-0.05, 0) is 25.0 Å². The van der Waals surface area contributed by atoms with Gasteiger partial charge in [0.1, 0.15) is 4.88 Å². The third-order valence-electron chi connectivity index (χ3n) is 6.10. The summed E-state index contributed by atoms with van der Waals surface area (Å²) in [6.07, 6.45) is 22.0. The van der Waals surface area contributed by atoms with Crippen LogP contribution in [-0.2, 0) is 4.79 Å². The number of carbonyl (C=O) groups excluding carboxylic acids is 1. The molecule has 0 spiro atoms. The number of hydrogen-bond acceptors (Lipinski definition) is 3. The third kappa shape index (κ3) is 13.2. The van der Waals surface area contributed by atoms with Gasteiger partial charge in [-0.25, -0.2) is 4.79 Å². The maximum Gasteiger partial charge on any atom is 0.345 e. The highest BCUT2D eigenvalue weighted by molar-refractivity contribution is 7.18. The van der Waals surface area contributed by atoms with Gasteiger partial charge in [-0.1, -0.05) is 110 Å². The summed E-state index contributed by atoms with van der Waals surface area (Å²) in [4.78, 5) is 26.1. The highest BCUT2D eigenvalue weighted by atomic mass is 32.1. The average Bonchev–Trinajstić information content (AvgIpc) is 3.27. The molecule has 0 aromatic carbocycles. The standard InChI is InChI=1S/C27H47NO3S/c1-3-5-7-8-9-10-11-12-13-14-15-16-17-19-23-28(25(29)20-18-6-4-2)26-22-21-24(32-26)27(30)31/h21-22H,3-20,23H2,1-2H3,(H,30,31). The fraction of sp³-hybridized carbons (Fsp3) is 0.778. The largest absolute Gasteiger partial charge is 0.477 e. The van der Waals surface area contributed by atoms with Crippen LogP contribution in [0.2, 0.25) is 0 Å². The molecule has 4 nitrogen and oxygen atoms in total. The van der Waals surface area contributed by atoms with Gasteiger partial charge in [-0.2, -0.15) is 0 Å². The summed E-state index contributed by atoms with van der Waals surface area (Å²) in [7, 11) is 0. The second-order valence-electron chi connectivity index (χ2n) is 9.04. The SMILES string of the molecule is CCCCCCCCCCCCCCCCN(C(=O)CCCCC)c1ccc(C(=O)O)s1. The lowest BCUT2D eigenvalue weighted by Gasteiger charge is -2.21. The van der Waals surface area contributed by atoms with Crippen LogP contribution in [0.15, 0.2) is 12.1 Å². The summed E-state index contributed by atoms with van der Waals surface area (Å²) in [5.74, 6) is -0.789. The van der Waals surface area contributed by atoms with Gasteiger partial charge < -0.3 is 10.0 Å². The quantitative estimate of drug-likeness (QED) is 0.184. The first kappa shape index (κ1) is 28.7. The second kappa shape index (κ2) is 19.1. The van der Waals surface area contributed by atoms with Crippen molar-refractivity contribution < 1.29 is 14.7 Å². The van der Waals surface area contributed by atoms with Crippen LogP contribution in [0, 0.1) is 0 Å². The van der Waals surface area contributed by atoms with Crippen LogP contribution < -0.4 is 4.90 Å². The van der Waals surface area contributed by atoms with Gasteiger partial charge in [0, 0.05) is 13.0 Å². The summed E-state index contributed by atoms with van der Waals surface area (Å²) in [5, 5.41) is 9.98. The maximum atomic E-state index is 12.7. The van der Waals surface area contributed by atoms with Crippen molar-refractivity contribution in [3.63, 3.8) is 0 Å². The van der Waals surface area contributed by atoms with Gasteiger partial charge in [-0.15, -0.1) is 11.3 Å². The fourth-order valence-electron chi connectivity index (χ4n) is 4.07. The average molecular weight is 466 g/mol. The zero-order chi connectivity index (χ0) is 23.4. The van der Waals surface area contributed by atoms with Crippen molar-refractivity contribution in [1.29, 1.82) is 0 Å². The van der Waals surface area contributed by atoms with Crippen LogP contribution in [-0.4, -0.2) is 23.5 Å². The van der Waals surface area contributed by atoms with Gasteiger partial charge in [-0.3, -0.25) is 4.79 Å². The van der Waals surface area contributed by atoms with Crippen molar-refractivity contribution in [3.8, 4) is 0 Å². The minimum Gasteiger partial charge on any atom is -0.477 e. The smallest absolute Gasteiger partial charge is 0.345 e. The van der Waals surface area contributed by atoms with E-state index in [2.05, 4.69) is 13.8 Å². The van der Waals surface area contributed by atoms with Crippen molar-refractivity contribution >= 4 is 28.2 Å². The number of unbranched alkanes of at least 4 members (excludes halogenated alkanes) is 15. The van der Waals surface area contributed by atoms with Crippen LogP contribution in [0.5, 0.6) is 0 Å². The van der Waals surface area contributed by atoms with Gasteiger partial charge in [0.05, 0.1) is 5.00 Å². The second-order valence-corrected chi connectivity index (χ2v) is 10.1. The van der Waals surface area contributed by atoms with E-state index in [0.29, 0.717) is 17.8 Å². The number of carboxylic acid groups (broad SMARTS) is 1. The van der Waals surface area contributed by atoms with E-state index in [4.69, 9.17) is 0 Å². The van der Waals surface area contributed by atoms with Gasteiger partial charge >= 0.3 is 5.97 Å². The van der Waals surface area contributed by atoms with E-state index >= 15 is 0 Å². The van der Waals surface area contributed by atoms with E-state index < -0.39 is 5.97 Å². The predicted molar refractivity (Wildman–Crippen MR) is 138 cm³/mol. The molecular weight excluding hydrogens is 418 g/mol. The van der Waals surface area contributed by atoms with Crippen LogP contribution in [0.25, 0.3) is 0 Å². The number of carbonyl (C=O) groups is 2. The van der Waals surface area contributed by atoms with Gasteiger partial charge in [0.2, 0.25) is 5.91 Å². The Balaban J connectivity index is 2.21. The Hall–Kier alpha value is -1.36. The molecular formula is C27H47NO3S. The molecule has 0 fully saturated rings. The lowest BCUT2D eigenvalue weighted by Crippen LogP contribution is -2.31. The Labute approximate surface area is 200 Å². The van der Waals surface area contributed by atoms with E-state index in [9.17, 15) is 14.7 Å². The van der Waals surface area contributed by atoms with Crippen LogP contribution in [0.3, 0.4) is 0 Å². The molecule has 1 aromatic heterocycles. The van der Waals surface area contributed by atoms with E-state index in [1.807, 2.05) is 4.90 Å². The molecule has 184 valence electrons. The summed E-state index contributed by atoms with van der Waals surface area (Å²) in [6, 6.07) is 3.40. The van der Waals surface area contributed by atoms with Crippen LogP contribution in [0.1, 0.15) is 139 Å². The normalized spacial score (nSPS) is 11.1. The van der Waals surface area contributed by atoms with Crippen molar-refractivity contribution in [2.45, 2.75) is 129 Å².